The number of nitrogens with zero attached hydrogens (tertiary/aromatic N) is 1. The Labute approximate surface area is 148 Å². The Morgan fingerprint density at radius 3 is 2.84 bits per heavy atom. The molecule has 0 radical (unpaired) electrons. The molecule has 1 amide bonds. The summed E-state index contributed by atoms with van der Waals surface area (Å²) < 4.78 is 14.8. The van der Waals surface area contributed by atoms with Crippen LogP contribution in [0.2, 0.25) is 0 Å². The highest BCUT2D eigenvalue weighted by molar-refractivity contribution is 7.71. The molecule has 5 nitrogen and oxygen atoms in total. The fourth-order valence-corrected chi connectivity index (χ4v) is 2.76. The molecule has 0 aliphatic carbocycles. The maximum absolute atomic E-state index is 13.1. The second kappa shape index (κ2) is 6.98. The van der Waals surface area contributed by atoms with E-state index in [9.17, 15) is 14.0 Å². The van der Waals surface area contributed by atoms with Gasteiger partial charge in [-0.15, -0.1) is 0 Å². The van der Waals surface area contributed by atoms with Crippen molar-refractivity contribution in [3.63, 3.8) is 0 Å². The summed E-state index contributed by atoms with van der Waals surface area (Å²) in [5.41, 5.74) is 1.54. The Hall–Kier alpha value is -2.80. The number of nitrogens with one attached hydrogen (secondary N) is 2. The Morgan fingerprint density at radius 1 is 1.28 bits per heavy atom. The standard InChI is InChI=1S/C18H16FN3O2S/c1-22-17(24)14-6-5-12(10-15(14)21-18(22)25)16(23)20-8-7-11-3-2-4-13(19)9-11/h2-6,9-10H,7-8H2,1H3,(H,20,23)(H,21,25). The summed E-state index contributed by atoms with van der Waals surface area (Å²) in [7, 11) is 1.59. The molecule has 7 heteroatoms. The molecule has 128 valence electrons. The first-order valence-electron chi connectivity index (χ1n) is 7.71. The number of aromatic amines is 1. The Bertz CT molecular complexity index is 1070. The van der Waals surface area contributed by atoms with E-state index in [1.807, 2.05) is 0 Å². The van der Waals surface area contributed by atoms with Gasteiger partial charge in [0.25, 0.3) is 11.5 Å². The quantitative estimate of drug-likeness (QED) is 0.706. The van der Waals surface area contributed by atoms with Crippen LogP contribution in [0.5, 0.6) is 0 Å². The monoisotopic (exact) mass is 357 g/mol. The van der Waals surface area contributed by atoms with E-state index in [1.54, 1.807) is 37.4 Å². The fraction of sp³-hybridized carbons (Fsp3) is 0.167. The van der Waals surface area contributed by atoms with Gasteiger partial charge in [0, 0.05) is 19.2 Å². The van der Waals surface area contributed by atoms with Gasteiger partial charge >= 0.3 is 0 Å². The van der Waals surface area contributed by atoms with Crippen LogP contribution in [-0.2, 0) is 13.5 Å². The largest absolute Gasteiger partial charge is 0.352 e. The first-order valence-corrected chi connectivity index (χ1v) is 8.12. The van der Waals surface area contributed by atoms with Gasteiger partial charge in [0.15, 0.2) is 4.77 Å². The average Bonchev–Trinajstić information content (AvgIpc) is 2.59. The predicted octanol–water partition coefficient (Wildman–Crippen LogP) is 2.71. The first-order chi connectivity index (χ1) is 12.0. The molecule has 0 saturated heterocycles. The number of fused-ring (bicyclic) bond motifs is 1. The molecule has 0 atom stereocenters. The lowest BCUT2D eigenvalue weighted by atomic mass is 10.1. The molecule has 0 unspecified atom stereocenters. The van der Waals surface area contributed by atoms with Gasteiger partial charge in [-0.2, -0.15) is 0 Å². The number of amides is 1. The summed E-state index contributed by atoms with van der Waals surface area (Å²) >= 11 is 5.09. The Balaban J connectivity index is 1.75. The van der Waals surface area contributed by atoms with Crippen LogP contribution in [-0.4, -0.2) is 22.0 Å². The first kappa shape index (κ1) is 17.0. The number of H-pyrrole nitrogens is 1. The smallest absolute Gasteiger partial charge is 0.261 e. The summed E-state index contributed by atoms with van der Waals surface area (Å²) in [6.07, 6.45) is 0.528. The van der Waals surface area contributed by atoms with E-state index in [0.29, 0.717) is 34.2 Å². The van der Waals surface area contributed by atoms with Gasteiger partial charge in [-0.25, -0.2) is 4.39 Å². The van der Waals surface area contributed by atoms with Crippen molar-refractivity contribution in [3.8, 4) is 0 Å². The summed E-state index contributed by atoms with van der Waals surface area (Å²) in [5.74, 6) is -0.562. The third kappa shape index (κ3) is 3.66. The minimum Gasteiger partial charge on any atom is -0.352 e. The van der Waals surface area contributed by atoms with Crippen molar-refractivity contribution in [1.29, 1.82) is 0 Å². The number of hydrogen-bond acceptors (Lipinski definition) is 3. The third-order valence-electron chi connectivity index (χ3n) is 3.95. The van der Waals surface area contributed by atoms with Gasteiger partial charge in [0.1, 0.15) is 5.82 Å². The van der Waals surface area contributed by atoms with Crippen LogP contribution in [0.1, 0.15) is 15.9 Å². The maximum Gasteiger partial charge on any atom is 0.261 e. The van der Waals surface area contributed by atoms with Crippen molar-refractivity contribution < 1.29 is 9.18 Å². The number of carbonyl (C=O) groups excluding carboxylic acids is 1. The number of hydrogen-bond donors (Lipinski definition) is 2. The topological polar surface area (TPSA) is 66.9 Å². The van der Waals surface area contributed by atoms with Gasteiger partial charge in [-0.1, -0.05) is 12.1 Å². The van der Waals surface area contributed by atoms with Crippen LogP contribution in [0, 0.1) is 10.6 Å². The van der Waals surface area contributed by atoms with Crippen LogP contribution in [0.15, 0.2) is 47.3 Å². The number of halogens is 1. The van der Waals surface area contributed by atoms with E-state index in [4.69, 9.17) is 12.2 Å². The normalized spacial score (nSPS) is 10.8. The molecule has 0 aliphatic rings. The number of aromatic nitrogens is 2. The second-order valence-corrected chi connectivity index (χ2v) is 6.08. The van der Waals surface area contributed by atoms with Crippen LogP contribution in [0.4, 0.5) is 4.39 Å². The zero-order valence-corrected chi connectivity index (χ0v) is 14.3. The van der Waals surface area contributed by atoms with Crippen LogP contribution in [0.3, 0.4) is 0 Å². The third-order valence-corrected chi connectivity index (χ3v) is 4.33. The number of benzene rings is 2. The van der Waals surface area contributed by atoms with Gasteiger partial charge in [-0.3, -0.25) is 14.2 Å². The van der Waals surface area contributed by atoms with Gasteiger partial charge in [-0.05, 0) is 54.5 Å². The van der Waals surface area contributed by atoms with Crippen molar-refractivity contribution >= 4 is 29.0 Å². The molecule has 2 N–H and O–H groups in total. The summed E-state index contributed by atoms with van der Waals surface area (Å²) in [5, 5.41) is 3.25. The molecule has 1 heterocycles. The lowest BCUT2D eigenvalue weighted by molar-refractivity contribution is 0.0954. The molecular weight excluding hydrogens is 341 g/mol. The van der Waals surface area contributed by atoms with E-state index in [2.05, 4.69) is 10.3 Å². The molecule has 0 bridgehead atoms. The molecule has 25 heavy (non-hydrogen) atoms. The highest BCUT2D eigenvalue weighted by atomic mass is 32.1. The van der Waals surface area contributed by atoms with E-state index in [1.165, 1.54) is 16.7 Å². The second-order valence-electron chi connectivity index (χ2n) is 5.69. The highest BCUT2D eigenvalue weighted by Gasteiger charge is 2.09. The van der Waals surface area contributed by atoms with Crippen LogP contribution in [0.25, 0.3) is 10.9 Å². The van der Waals surface area contributed by atoms with Crippen molar-refractivity contribution in [2.45, 2.75) is 6.42 Å². The molecule has 0 spiro atoms. The molecule has 1 aromatic heterocycles. The van der Waals surface area contributed by atoms with Crippen LogP contribution < -0.4 is 10.9 Å². The molecular formula is C18H16FN3O2S. The van der Waals surface area contributed by atoms with E-state index in [-0.39, 0.29) is 17.3 Å². The van der Waals surface area contributed by atoms with Crippen molar-refractivity contribution in [2.75, 3.05) is 6.54 Å². The van der Waals surface area contributed by atoms with Crippen molar-refractivity contribution in [2.24, 2.45) is 7.05 Å². The number of carbonyl (C=O) groups is 1. The highest BCUT2D eigenvalue weighted by Crippen LogP contribution is 2.11. The van der Waals surface area contributed by atoms with Gasteiger partial charge in [0.2, 0.25) is 0 Å². The van der Waals surface area contributed by atoms with Crippen molar-refractivity contribution in [3.05, 3.63) is 74.5 Å². The molecule has 0 fully saturated rings. The Kier molecular flexibility index (Phi) is 4.76. The summed E-state index contributed by atoms with van der Waals surface area (Å²) in [6.45, 7) is 0.382. The Morgan fingerprint density at radius 2 is 2.08 bits per heavy atom. The molecule has 3 aromatic rings. The molecule has 0 saturated carbocycles. The van der Waals surface area contributed by atoms with Crippen molar-refractivity contribution in [1.82, 2.24) is 14.9 Å². The minimum absolute atomic E-state index is 0.211. The predicted molar refractivity (Wildman–Crippen MR) is 96.8 cm³/mol. The number of rotatable bonds is 4. The zero-order chi connectivity index (χ0) is 18.0. The summed E-state index contributed by atoms with van der Waals surface area (Å²) in [4.78, 5) is 27.3. The average molecular weight is 357 g/mol. The molecule has 0 aliphatic heterocycles. The zero-order valence-electron chi connectivity index (χ0n) is 13.5. The van der Waals surface area contributed by atoms with E-state index in [0.717, 1.165) is 5.56 Å². The minimum atomic E-state index is -0.296. The maximum atomic E-state index is 13.1. The fourth-order valence-electron chi connectivity index (χ4n) is 2.56. The molecule has 3 rings (SSSR count). The van der Waals surface area contributed by atoms with Gasteiger partial charge in [0.05, 0.1) is 10.9 Å². The lowest BCUT2D eigenvalue weighted by Crippen LogP contribution is -2.26. The van der Waals surface area contributed by atoms with Crippen LogP contribution >= 0.6 is 12.2 Å². The summed E-state index contributed by atoms with van der Waals surface area (Å²) in [6, 6.07) is 11.1. The lowest BCUT2D eigenvalue weighted by Gasteiger charge is -2.07. The van der Waals surface area contributed by atoms with Gasteiger partial charge < -0.3 is 10.3 Å². The van der Waals surface area contributed by atoms with E-state index >= 15 is 0 Å². The SMILES string of the molecule is Cn1c(=S)[nH]c2cc(C(=O)NCCc3cccc(F)c3)ccc2c1=O. The molecule has 2 aromatic carbocycles. The van der Waals surface area contributed by atoms with E-state index < -0.39 is 0 Å².